The monoisotopic (exact) mass is 281 g/mol. The number of carbonyl (C=O) groups excluding carboxylic acids is 2. The van der Waals surface area contributed by atoms with Gasteiger partial charge in [-0.15, -0.1) is 0 Å². The second-order valence-electron chi connectivity index (χ2n) is 4.11. The molecule has 1 rings (SSSR count). The average Bonchev–Trinajstić information content (AvgIpc) is 2.47. The van der Waals surface area contributed by atoms with E-state index in [0.29, 0.717) is 18.8 Å². The maximum Gasteiger partial charge on any atom is 0.406 e. The molecule has 0 aromatic heterocycles. The van der Waals surface area contributed by atoms with Crippen LogP contribution in [0.15, 0.2) is 24.3 Å². The molecule has 1 aromatic carbocycles. The Hall–Kier alpha value is -2.44. The smallest absolute Gasteiger partial charge is 0.406 e. The molecule has 0 radical (unpaired) electrons. The van der Waals surface area contributed by atoms with Crippen LogP contribution in [0.5, 0.6) is 0 Å². The number of benzene rings is 1. The topological polar surface area (TPSA) is 103 Å². The van der Waals surface area contributed by atoms with Crippen LogP contribution in [-0.2, 0) is 9.47 Å². The van der Waals surface area contributed by atoms with Crippen molar-refractivity contribution in [3.63, 3.8) is 0 Å². The summed E-state index contributed by atoms with van der Waals surface area (Å²) in [6, 6.07) is 7.22. The fourth-order valence-corrected chi connectivity index (χ4v) is 1.63. The summed E-state index contributed by atoms with van der Waals surface area (Å²) >= 11 is 0. The van der Waals surface area contributed by atoms with Crippen LogP contribution in [0.3, 0.4) is 0 Å². The molecule has 0 saturated heterocycles. The maximum atomic E-state index is 11.1. The third-order valence-corrected chi connectivity index (χ3v) is 2.76. The molecule has 7 nitrogen and oxygen atoms in total. The fraction of sp³-hybridized carbons (Fsp3) is 0.385. The average molecular weight is 281 g/mol. The molecule has 0 spiro atoms. The lowest BCUT2D eigenvalue weighted by molar-refractivity contribution is 0.168. The van der Waals surface area contributed by atoms with Gasteiger partial charge in [-0.05, 0) is 17.7 Å². The Morgan fingerprint density at radius 1 is 1.05 bits per heavy atom. The normalized spacial score (nSPS) is 9.95. The molecule has 1 aromatic rings. The van der Waals surface area contributed by atoms with Gasteiger partial charge in [0, 0.05) is 24.7 Å². The molecule has 0 saturated carbocycles. The van der Waals surface area contributed by atoms with Crippen molar-refractivity contribution >= 4 is 17.9 Å². The van der Waals surface area contributed by atoms with Gasteiger partial charge in [0.15, 0.2) is 0 Å². The van der Waals surface area contributed by atoms with Crippen molar-refractivity contribution in [2.24, 2.45) is 0 Å². The molecule has 0 unspecified atom stereocenters. The number of nitrogens with two attached hydrogens (primary N) is 1. The lowest BCUT2D eigenvalue weighted by Gasteiger charge is -2.18. The second kappa shape index (κ2) is 7.88. The zero-order chi connectivity index (χ0) is 15.0. The predicted molar refractivity (Wildman–Crippen MR) is 74.4 cm³/mol. The van der Waals surface area contributed by atoms with Crippen molar-refractivity contribution in [1.29, 1.82) is 0 Å². The van der Waals surface area contributed by atoms with Gasteiger partial charge in [-0.3, -0.25) is 0 Å². The lowest BCUT2D eigenvalue weighted by atomic mass is 9.99. The standard InChI is InChI=1S/C13H19N3O4/c1-19-12(17)15-7-10(8-16-13(18)20-2)9-3-5-11(14)6-4-9/h3-6,10H,7-8,14H2,1-2H3,(H,15,17)(H,16,18). The van der Waals surface area contributed by atoms with Crippen LogP contribution in [-0.4, -0.2) is 39.5 Å². The van der Waals surface area contributed by atoms with Crippen LogP contribution in [0, 0.1) is 0 Å². The number of ether oxygens (including phenoxy) is 2. The minimum absolute atomic E-state index is 0.117. The summed E-state index contributed by atoms with van der Waals surface area (Å²) in [7, 11) is 2.58. The van der Waals surface area contributed by atoms with Gasteiger partial charge in [0.1, 0.15) is 0 Å². The summed E-state index contributed by atoms with van der Waals surface area (Å²) in [4.78, 5) is 22.3. The van der Waals surface area contributed by atoms with Crippen LogP contribution in [0.2, 0.25) is 0 Å². The maximum absolute atomic E-state index is 11.1. The Kier molecular flexibility index (Phi) is 6.15. The zero-order valence-corrected chi connectivity index (χ0v) is 11.5. The quantitative estimate of drug-likeness (QED) is 0.700. The number of anilines is 1. The summed E-state index contributed by atoms with van der Waals surface area (Å²) in [5.74, 6) is -0.117. The number of carbonyl (C=O) groups is 2. The molecule has 0 aliphatic rings. The molecular weight excluding hydrogens is 262 g/mol. The number of nitrogens with one attached hydrogen (secondary N) is 2. The number of methoxy groups -OCH3 is 2. The Morgan fingerprint density at radius 2 is 1.50 bits per heavy atom. The summed E-state index contributed by atoms with van der Waals surface area (Å²) in [6.45, 7) is 0.640. The first-order chi connectivity index (χ1) is 9.56. The second-order valence-corrected chi connectivity index (χ2v) is 4.11. The van der Waals surface area contributed by atoms with E-state index >= 15 is 0 Å². The van der Waals surface area contributed by atoms with Crippen molar-refractivity contribution < 1.29 is 19.1 Å². The van der Waals surface area contributed by atoms with Crippen molar-refractivity contribution in [2.45, 2.75) is 5.92 Å². The highest BCUT2D eigenvalue weighted by Gasteiger charge is 2.14. The van der Waals surface area contributed by atoms with Gasteiger partial charge in [-0.25, -0.2) is 9.59 Å². The molecule has 2 amide bonds. The van der Waals surface area contributed by atoms with E-state index in [4.69, 9.17) is 5.73 Å². The minimum atomic E-state index is -0.525. The Labute approximate surface area is 117 Å². The van der Waals surface area contributed by atoms with Crippen LogP contribution < -0.4 is 16.4 Å². The number of rotatable bonds is 5. The summed E-state index contributed by atoms with van der Waals surface area (Å²) < 4.78 is 9.04. The van der Waals surface area contributed by atoms with Gasteiger partial charge in [-0.1, -0.05) is 12.1 Å². The zero-order valence-electron chi connectivity index (χ0n) is 11.5. The molecular formula is C13H19N3O4. The number of nitrogen functional groups attached to an aromatic ring is 1. The van der Waals surface area contributed by atoms with Crippen LogP contribution in [0.25, 0.3) is 0 Å². The molecule has 110 valence electrons. The Balaban J connectivity index is 2.69. The van der Waals surface area contributed by atoms with Crippen LogP contribution in [0.4, 0.5) is 15.3 Å². The van der Waals surface area contributed by atoms with Gasteiger partial charge >= 0.3 is 12.2 Å². The first-order valence-electron chi connectivity index (χ1n) is 6.06. The third-order valence-electron chi connectivity index (χ3n) is 2.76. The fourth-order valence-electron chi connectivity index (χ4n) is 1.63. The van der Waals surface area contributed by atoms with E-state index in [9.17, 15) is 9.59 Å². The minimum Gasteiger partial charge on any atom is -0.453 e. The first kappa shape index (κ1) is 15.6. The molecule has 20 heavy (non-hydrogen) atoms. The number of hydrogen-bond donors (Lipinski definition) is 3. The van der Waals surface area contributed by atoms with E-state index in [0.717, 1.165) is 5.56 Å². The van der Waals surface area contributed by atoms with Crippen molar-refractivity contribution in [2.75, 3.05) is 33.0 Å². The van der Waals surface area contributed by atoms with E-state index in [1.807, 2.05) is 12.1 Å². The van der Waals surface area contributed by atoms with Gasteiger partial charge in [0.05, 0.1) is 14.2 Å². The Bertz CT molecular complexity index is 427. The molecule has 4 N–H and O–H groups in total. The van der Waals surface area contributed by atoms with E-state index < -0.39 is 12.2 Å². The highest BCUT2D eigenvalue weighted by molar-refractivity contribution is 5.67. The number of hydrogen-bond acceptors (Lipinski definition) is 5. The molecule has 0 fully saturated rings. The predicted octanol–water partition coefficient (Wildman–Crippen LogP) is 1.06. The summed E-state index contributed by atoms with van der Waals surface area (Å²) in [5, 5.41) is 5.21. The van der Waals surface area contributed by atoms with Crippen LogP contribution in [0.1, 0.15) is 11.5 Å². The number of amides is 2. The van der Waals surface area contributed by atoms with Gasteiger partial charge in [0.2, 0.25) is 0 Å². The van der Waals surface area contributed by atoms with Crippen molar-refractivity contribution in [3.8, 4) is 0 Å². The molecule has 0 heterocycles. The van der Waals surface area contributed by atoms with Gasteiger partial charge in [-0.2, -0.15) is 0 Å². The van der Waals surface area contributed by atoms with Gasteiger partial charge < -0.3 is 25.8 Å². The SMILES string of the molecule is COC(=O)NCC(CNC(=O)OC)c1ccc(N)cc1. The largest absolute Gasteiger partial charge is 0.453 e. The van der Waals surface area contributed by atoms with E-state index in [1.165, 1.54) is 14.2 Å². The van der Waals surface area contributed by atoms with Crippen LogP contribution >= 0.6 is 0 Å². The highest BCUT2D eigenvalue weighted by atomic mass is 16.5. The summed E-state index contributed by atoms with van der Waals surface area (Å²) in [6.07, 6.45) is -1.05. The summed E-state index contributed by atoms with van der Waals surface area (Å²) in [5.41, 5.74) is 7.22. The third kappa shape index (κ3) is 5.05. The van der Waals surface area contributed by atoms with E-state index in [1.54, 1.807) is 12.1 Å². The molecule has 7 heteroatoms. The molecule has 0 bridgehead atoms. The first-order valence-corrected chi connectivity index (χ1v) is 6.06. The van der Waals surface area contributed by atoms with Crippen molar-refractivity contribution in [3.05, 3.63) is 29.8 Å². The Morgan fingerprint density at radius 3 is 1.90 bits per heavy atom. The molecule has 0 atom stereocenters. The van der Waals surface area contributed by atoms with E-state index in [-0.39, 0.29) is 5.92 Å². The lowest BCUT2D eigenvalue weighted by Crippen LogP contribution is -2.35. The molecule has 0 aliphatic heterocycles. The van der Waals surface area contributed by atoms with Gasteiger partial charge in [0.25, 0.3) is 0 Å². The van der Waals surface area contributed by atoms with E-state index in [2.05, 4.69) is 20.1 Å². The molecule has 0 aliphatic carbocycles. The van der Waals surface area contributed by atoms with Crippen molar-refractivity contribution in [1.82, 2.24) is 10.6 Å². The number of alkyl carbamates (subject to hydrolysis) is 2. The highest BCUT2D eigenvalue weighted by Crippen LogP contribution is 2.16.